The van der Waals surface area contributed by atoms with E-state index in [0.29, 0.717) is 24.3 Å². The number of hydrogen-bond acceptors (Lipinski definition) is 4. The van der Waals surface area contributed by atoms with E-state index in [1.165, 1.54) is 12.0 Å². The number of rotatable bonds is 2. The zero-order chi connectivity index (χ0) is 15.1. The molecular weight excluding hydrogens is 387 g/mol. The van der Waals surface area contributed by atoms with Crippen LogP contribution in [0.2, 0.25) is 0 Å². The molecule has 6 nitrogen and oxygen atoms in total. The fourth-order valence-corrected chi connectivity index (χ4v) is 3.45. The summed E-state index contributed by atoms with van der Waals surface area (Å²) < 4.78 is 6.25. The first kappa shape index (κ1) is 14.3. The van der Waals surface area contributed by atoms with Gasteiger partial charge in [-0.3, -0.25) is 19.7 Å². The third kappa shape index (κ3) is 2.39. The van der Waals surface area contributed by atoms with Gasteiger partial charge in [-0.1, -0.05) is 0 Å². The lowest BCUT2D eigenvalue weighted by Crippen LogP contribution is -2.52. The van der Waals surface area contributed by atoms with Crippen LogP contribution in [0.25, 0.3) is 0 Å². The first-order chi connectivity index (χ1) is 10.0. The van der Waals surface area contributed by atoms with Crippen LogP contribution < -0.4 is 10.1 Å². The van der Waals surface area contributed by atoms with Crippen molar-refractivity contribution < 1.29 is 19.1 Å². The van der Waals surface area contributed by atoms with Gasteiger partial charge in [0.2, 0.25) is 11.8 Å². The summed E-state index contributed by atoms with van der Waals surface area (Å²) in [6.07, 6.45) is 0.620. The van der Waals surface area contributed by atoms with E-state index in [1.54, 1.807) is 6.07 Å². The predicted octanol–water partition coefficient (Wildman–Crippen LogP) is 1.06. The van der Waals surface area contributed by atoms with Crippen LogP contribution in [0.3, 0.4) is 0 Å². The maximum absolute atomic E-state index is 12.6. The molecule has 7 heteroatoms. The first-order valence-electron chi connectivity index (χ1n) is 6.52. The zero-order valence-electron chi connectivity index (χ0n) is 11.3. The molecule has 1 atom stereocenters. The van der Waals surface area contributed by atoms with Crippen LogP contribution in [0, 0.1) is 3.57 Å². The number of fused-ring (bicyclic) bond motifs is 1. The van der Waals surface area contributed by atoms with Crippen molar-refractivity contribution in [3.05, 3.63) is 26.8 Å². The summed E-state index contributed by atoms with van der Waals surface area (Å²) in [5, 5.41) is 2.29. The maximum Gasteiger partial charge on any atom is 0.258 e. The van der Waals surface area contributed by atoms with Crippen LogP contribution in [-0.4, -0.2) is 35.8 Å². The Kier molecular flexibility index (Phi) is 3.60. The minimum Gasteiger partial charge on any atom is -0.496 e. The molecule has 1 fully saturated rings. The smallest absolute Gasteiger partial charge is 0.258 e. The van der Waals surface area contributed by atoms with E-state index in [2.05, 4.69) is 27.9 Å². The summed E-state index contributed by atoms with van der Waals surface area (Å²) in [7, 11) is 1.52. The molecular formula is C14H13IN2O4. The molecule has 1 unspecified atom stereocenters. The van der Waals surface area contributed by atoms with Gasteiger partial charge >= 0.3 is 0 Å². The molecule has 1 aromatic carbocycles. The van der Waals surface area contributed by atoms with Gasteiger partial charge in [-0.15, -0.1) is 0 Å². The lowest BCUT2D eigenvalue weighted by Gasteiger charge is -2.29. The third-order valence-electron chi connectivity index (χ3n) is 3.77. The Bertz CT molecular complexity index is 659. The Morgan fingerprint density at radius 2 is 2.10 bits per heavy atom. The summed E-state index contributed by atoms with van der Waals surface area (Å²) in [5.41, 5.74) is 1.37. The lowest BCUT2D eigenvalue weighted by molar-refractivity contribution is -0.136. The van der Waals surface area contributed by atoms with E-state index < -0.39 is 11.9 Å². The van der Waals surface area contributed by atoms with Crippen molar-refractivity contribution in [2.45, 2.75) is 25.4 Å². The number of halogens is 1. The molecule has 1 N–H and O–H groups in total. The summed E-state index contributed by atoms with van der Waals surface area (Å²) in [4.78, 5) is 37.3. The Hall–Kier alpha value is -1.64. The normalized spacial score (nSPS) is 21.3. The highest BCUT2D eigenvalue weighted by molar-refractivity contribution is 14.1. The molecule has 0 saturated carbocycles. The number of carbonyl (C=O) groups excluding carboxylic acids is 3. The molecule has 3 amide bonds. The van der Waals surface area contributed by atoms with E-state index in [4.69, 9.17) is 4.74 Å². The Morgan fingerprint density at radius 1 is 1.33 bits per heavy atom. The van der Waals surface area contributed by atoms with Gasteiger partial charge in [0.1, 0.15) is 11.8 Å². The summed E-state index contributed by atoms with van der Waals surface area (Å²) in [6, 6.07) is 3.12. The van der Waals surface area contributed by atoms with Crippen molar-refractivity contribution >= 4 is 40.3 Å². The molecule has 0 bridgehead atoms. The topological polar surface area (TPSA) is 75.7 Å². The van der Waals surface area contributed by atoms with Gasteiger partial charge in [0.25, 0.3) is 5.91 Å². The molecule has 1 aromatic rings. The third-order valence-corrected chi connectivity index (χ3v) is 4.39. The highest BCUT2D eigenvalue weighted by Crippen LogP contribution is 2.34. The van der Waals surface area contributed by atoms with Crippen LogP contribution in [0.1, 0.15) is 28.8 Å². The van der Waals surface area contributed by atoms with Gasteiger partial charge in [-0.2, -0.15) is 0 Å². The SMILES string of the molecule is COc1cc(I)cc2c1C(=O)N(C1CCC(=O)NC1=O)C2. The molecule has 2 heterocycles. The zero-order valence-corrected chi connectivity index (χ0v) is 13.5. The van der Waals surface area contributed by atoms with Crippen LogP contribution in [0.15, 0.2) is 12.1 Å². The minimum atomic E-state index is -0.593. The molecule has 110 valence electrons. The average Bonchev–Trinajstić information content (AvgIpc) is 2.75. The number of methoxy groups -OCH3 is 1. The number of amides is 3. The van der Waals surface area contributed by atoms with E-state index in [1.807, 2.05) is 6.07 Å². The predicted molar refractivity (Wildman–Crippen MR) is 81.8 cm³/mol. The first-order valence-corrected chi connectivity index (χ1v) is 7.60. The van der Waals surface area contributed by atoms with Crippen molar-refractivity contribution in [3.63, 3.8) is 0 Å². The second kappa shape index (κ2) is 5.28. The fourth-order valence-electron chi connectivity index (χ4n) is 2.79. The second-order valence-electron chi connectivity index (χ2n) is 5.04. The number of carbonyl (C=O) groups is 3. The number of imide groups is 1. The number of piperidine rings is 1. The molecule has 0 spiro atoms. The Morgan fingerprint density at radius 3 is 2.76 bits per heavy atom. The van der Waals surface area contributed by atoms with Crippen molar-refractivity contribution in [2.24, 2.45) is 0 Å². The number of nitrogens with one attached hydrogen (secondary N) is 1. The van der Waals surface area contributed by atoms with Crippen LogP contribution in [-0.2, 0) is 16.1 Å². The molecule has 0 aromatic heterocycles. The van der Waals surface area contributed by atoms with Crippen LogP contribution in [0.5, 0.6) is 5.75 Å². The highest BCUT2D eigenvalue weighted by atomic mass is 127. The molecule has 0 radical (unpaired) electrons. The van der Waals surface area contributed by atoms with Gasteiger partial charge in [0.05, 0.1) is 12.7 Å². The van der Waals surface area contributed by atoms with E-state index in [-0.39, 0.29) is 18.2 Å². The standard InChI is InChI=1S/C14H13IN2O4/c1-21-10-5-8(15)4-7-6-17(14(20)12(7)10)9-2-3-11(18)16-13(9)19/h4-5,9H,2-3,6H2,1H3,(H,16,18,19). The van der Waals surface area contributed by atoms with Crippen molar-refractivity contribution in [1.82, 2.24) is 10.2 Å². The summed E-state index contributed by atoms with van der Waals surface area (Å²) in [6.45, 7) is 0.369. The van der Waals surface area contributed by atoms with Gasteiger partial charge in [-0.25, -0.2) is 0 Å². The lowest BCUT2D eigenvalue weighted by atomic mass is 10.0. The molecule has 3 rings (SSSR count). The number of hydrogen-bond donors (Lipinski definition) is 1. The summed E-state index contributed by atoms with van der Waals surface area (Å²) in [5.74, 6) is -0.377. The highest BCUT2D eigenvalue weighted by Gasteiger charge is 2.40. The quantitative estimate of drug-likeness (QED) is 0.595. The average molecular weight is 400 g/mol. The van der Waals surface area contributed by atoms with Crippen molar-refractivity contribution in [2.75, 3.05) is 7.11 Å². The van der Waals surface area contributed by atoms with E-state index in [9.17, 15) is 14.4 Å². The summed E-state index contributed by atoms with van der Waals surface area (Å²) >= 11 is 2.16. The van der Waals surface area contributed by atoms with E-state index in [0.717, 1.165) is 9.13 Å². The number of ether oxygens (including phenoxy) is 1. The van der Waals surface area contributed by atoms with Gasteiger partial charge in [0.15, 0.2) is 0 Å². The largest absolute Gasteiger partial charge is 0.496 e. The van der Waals surface area contributed by atoms with Crippen LogP contribution in [0.4, 0.5) is 0 Å². The number of benzene rings is 1. The van der Waals surface area contributed by atoms with Crippen molar-refractivity contribution in [1.29, 1.82) is 0 Å². The second-order valence-corrected chi connectivity index (χ2v) is 6.29. The van der Waals surface area contributed by atoms with E-state index >= 15 is 0 Å². The molecule has 1 saturated heterocycles. The van der Waals surface area contributed by atoms with Gasteiger partial charge in [0, 0.05) is 16.5 Å². The Labute approximate surface area is 135 Å². The molecule has 0 aliphatic carbocycles. The van der Waals surface area contributed by atoms with Gasteiger partial charge < -0.3 is 9.64 Å². The molecule has 21 heavy (non-hydrogen) atoms. The fraction of sp³-hybridized carbons (Fsp3) is 0.357. The van der Waals surface area contributed by atoms with Crippen LogP contribution >= 0.6 is 22.6 Å². The van der Waals surface area contributed by atoms with Gasteiger partial charge in [-0.05, 0) is 46.7 Å². The monoisotopic (exact) mass is 400 g/mol. The maximum atomic E-state index is 12.6. The molecule has 2 aliphatic rings. The molecule has 2 aliphatic heterocycles. The Balaban J connectivity index is 1.94. The van der Waals surface area contributed by atoms with Crippen molar-refractivity contribution in [3.8, 4) is 5.75 Å². The minimum absolute atomic E-state index is 0.215. The number of nitrogens with zero attached hydrogens (tertiary/aromatic N) is 1.